The van der Waals surface area contributed by atoms with E-state index < -0.39 is 6.10 Å². The molecule has 2 amide bonds. The molecular formula is C23H18N4O4. The number of benzene rings is 3. The lowest BCUT2D eigenvalue weighted by Gasteiger charge is -2.12. The van der Waals surface area contributed by atoms with Gasteiger partial charge < -0.3 is 25.3 Å². The van der Waals surface area contributed by atoms with Crippen LogP contribution in [0.3, 0.4) is 0 Å². The van der Waals surface area contributed by atoms with Crippen molar-refractivity contribution in [2.24, 2.45) is 0 Å². The largest absolute Gasteiger partial charge is 0.480 e. The number of para-hydroxylation sites is 1. The van der Waals surface area contributed by atoms with E-state index in [2.05, 4.69) is 20.6 Å². The SMILES string of the molecule is O=C(Nc1ccc2[nH]c(=O)[nH]c2c1)c1cccc(NC(=O)C2Cc3ccccc3O2)c1. The minimum absolute atomic E-state index is 0.268. The molecule has 5 rings (SSSR count). The minimum atomic E-state index is -0.606. The summed E-state index contributed by atoms with van der Waals surface area (Å²) in [4.78, 5) is 42.0. The summed E-state index contributed by atoms with van der Waals surface area (Å²) in [6, 6.07) is 19.3. The van der Waals surface area contributed by atoms with Crippen LogP contribution in [0.15, 0.2) is 71.5 Å². The quantitative estimate of drug-likeness (QED) is 0.411. The maximum Gasteiger partial charge on any atom is 0.323 e. The van der Waals surface area contributed by atoms with Crippen LogP contribution in [0.4, 0.5) is 11.4 Å². The maximum absolute atomic E-state index is 12.7. The van der Waals surface area contributed by atoms with Gasteiger partial charge in [0.2, 0.25) is 0 Å². The van der Waals surface area contributed by atoms with Gasteiger partial charge in [-0.05, 0) is 48.0 Å². The number of H-pyrrole nitrogens is 2. The molecule has 1 aromatic heterocycles. The van der Waals surface area contributed by atoms with Crippen molar-refractivity contribution in [1.82, 2.24) is 9.97 Å². The van der Waals surface area contributed by atoms with E-state index in [1.54, 1.807) is 42.5 Å². The van der Waals surface area contributed by atoms with E-state index in [0.717, 1.165) is 11.3 Å². The second-order valence-electron chi connectivity index (χ2n) is 7.28. The lowest BCUT2D eigenvalue weighted by Crippen LogP contribution is -2.31. The molecule has 3 aromatic carbocycles. The molecule has 8 nitrogen and oxygen atoms in total. The normalized spacial score (nSPS) is 14.6. The molecule has 4 N–H and O–H groups in total. The summed E-state index contributed by atoms with van der Waals surface area (Å²) in [6.45, 7) is 0. The number of fused-ring (bicyclic) bond motifs is 2. The third-order valence-electron chi connectivity index (χ3n) is 5.11. The van der Waals surface area contributed by atoms with Crippen molar-refractivity contribution in [3.63, 3.8) is 0 Å². The van der Waals surface area contributed by atoms with Gasteiger partial charge in [-0.1, -0.05) is 24.3 Å². The highest BCUT2D eigenvalue weighted by atomic mass is 16.5. The Labute approximate surface area is 176 Å². The number of anilines is 2. The molecule has 0 spiro atoms. The zero-order chi connectivity index (χ0) is 21.4. The summed E-state index contributed by atoms with van der Waals surface area (Å²) in [5, 5.41) is 5.61. The first kappa shape index (κ1) is 18.7. The zero-order valence-electron chi connectivity index (χ0n) is 16.3. The molecule has 8 heteroatoms. The number of amides is 2. The van der Waals surface area contributed by atoms with Crippen molar-refractivity contribution in [2.75, 3.05) is 10.6 Å². The summed E-state index contributed by atoms with van der Waals surface area (Å²) in [5.74, 6) is 0.116. The summed E-state index contributed by atoms with van der Waals surface area (Å²) in [7, 11) is 0. The zero-order valence-corrected chi connectivity index (χ0v) is 16.3. The van der Waals surface area contributed by atoms with Gasteiger partial charge in [0.15, 0.2) is 6.10 Å². The third-order valence-corrected chi connectivity index (χ3v) is 5.11. The first-order chi connectivity index (χ1) is 15.0. The Bertz CT molecular complexity index is 1350. The van der Waals surface area contributed by atoms with Crippen LogP contribution in [0.5, 0.6) is 5.75 Å². The van der Waals surface area contributed by atoms with Crippen molar-refractivity contribution >= 4 is 34.2 Å². The standard InChI is InChI=1S/C23H18N4O4/c28-21(24-16-8-9-17-18(12-16)27-23(30)26-17)14-5-3-6-15(10-14)25-22(29)20-11-13-4-1-2-7-19(13)31-20/h1-10,12,20H,11H2,(H,24,28)(H,25,29)(H2,26,27,30). The fourth-order valence-electron chi connectivity index (χ4n) is 3.60. The number of hydrogen-bond acceptors (Lipinski definition) is 4. The van der Waals surface area contributed by atoms with Gasteiger partial charge in [-0.3, -0.25) is 9.59 Å². The summed E-state index contributed by atoms with van der Waals surface area (Å²) < 4.78 is 5.72. The monoisotopic (exact) mass is 414 g/mol. The number of nitrogens with one attached hydrogen (secondary N) is 4. The Kier molecular flexibility index (Phi) is 4.51. The fourth-order valence-corrected chi connectivity index (χ4v) is 3.60. The number of ether oxygens (including phenoxy) is 1. The molecule has 0 radical (unpaired) electrons. The molecule has 1 atom stereocenters. The van der Waals surface area contributed by atoms with E-state index >= 15 is 0 Å². The molecule has 0 aliphatic carbocycles. The lowest BCUT2D eigenvalue weighted by atomic mass is 10.1. The highest BCUT2D eigenvalue weighted by Gasteiger charge is 2.28. The number of imidazole rings is 1. The number of aromatic amines is 2. The van der Waals surface area contributed by atoms with E-state index in [9.17, 15) is 14.4 Å². The highest BCUT2D eigenvalue weighted by molar-refractivity contribution is 6.06. The van der Waals surface area contributed by atoms with Gasteiger partial charge in [0.1, 0.15) is 5.75 Å². The number of carbonyl (C=O) groups excluding carboxylic acids is 2. The third kappa shape index (κ3) is 3.78. The van der Waals surface area contributed by atoms with Crippen LogP contribution < -0.4 is 21.1 Å². The van der Waals surface area contributed by atoms with Gasteiger partial charge in [-0.25, -0.2) is 4.79 Å². The van der Waals surface area contributed by atoms with E-state index in [4.69, 9.17) is 4.74 Å². The average Bonchev–Trinajstić information content (AvgIpc) is 3.36. The van der Waals surface area contributed by atoms with E-state index in [1.165, 1.54) is 0 Å². The molecular weight excluding hydrogens is 396 g/mol. The predicted molar refractivity (Wildman–Crippen MR) is 117 cm³/mol. The molecule has 4 aromatic rings. The molecule has 154 valence electrons. The second-order valence-corrected chi connectivity index (χ2v) is 7.28. The Balaban J connectivity index is 1.27. The molecule has 1 unspecified atom stereocenters. The van der Waals surface area contributed by atoms with Crippen LogP contribution >= 0.6 is 0 Å². The predicted octanol–water partition coefficient (Wildman–Crippen LogP) is 3.05. The molecule has 0 fully saturated rings. The summed E-state index contributed by atoms with van der Waals surface area (Å²) >= 11 is 0. The maximum atomic E-state index is 12.7. The lowest BCUT2D eigenvalue weighted by molar-refractivity contribution is -0.122. The Morgan fingerprint density at radius 1 is 0.871 bits per heavy atom. The van der Waals surface area contributed by atoms with Crippen molar-refractivity contribution in [1.29, 1.82) is 0 Å². The van der Waals surface area contributed by atoms with Gasteiger partial charge in [0.25, 0.3) is 11.8 Å². The van der Waals surface area contributed by atoms with Crippen molar-refractivity contribution in [3.8, 4) is 5.75 Å². The molecule has 0 saturated heterocycles. The number of aromatic nitrogens is 2. The van der Waals surface area contributed by atoms with Crippen molar-refractivity contribution < 1.29 is 14.3 Å². The molecule has 2 heterocycles. The minimum Gasteiger partial charge on any atom is -0.480 e. The van der Waals surface area contributed by atoms with Gasteiger partial charge >= 0.3 is 5.69 Å². The average molecular weight is 414 g/mol. The molecule has 1 aliphatic heterocycles. The number of hydrogen-bond donors (Lipinski definition) is 4. The van der Waals surface area contributed by atoms with Crippen molar-refractivity contribution in [3.05, 3.63) is 88.3 Å². The van der Waals surface area contributed by atoms with Crippen LogP contribution in [-0.4, -0.2) is 27.9 Å². The first-order valence-electron chi connectivity index (χ1n) is 9.74. The molecule has 0 saturated carbocycles. The van der Waals surface area contributed by atoms with Crippen LogP contribution in [0, 0.1) is 0 Å². The molecule has 31 heavy (non-hydrogen) atoms. The smallest absolute Gasteiger partial charge is 0.323 e. The highest BCUT2D eigenvalue weighted by Crippen LogP contribution is 2.28. The first-order valence-corrected chi connectivity index (χ1v) is 9.74. The Morgan fingerprint density at radius 2 is 1.68 bits per heavy atom. The second kappa shape index (κ2) is 7.49. The van der Waals surface area contributed by atoms with E-state index in [0.29, 0.717) is 34.4 Å². The van der Waals surface area contributed by atoms with E-state index in [-0.39, 0.29) is 17.5 Å². The molecule has 1 aliphatic rings. The van der Waals surface area contributed by atoms with Gasteiger partial charge in [-0.15, -0.1) is 0 Å². The van der Waals surface area contributed by atoms with Crippen LogP contribution in [-0.2, 0) is 11.2 Å². The van der Waals surface area contributed by atoms with E-state index in [1.807, 2.05) is 24.3 Å². The van der Waals surface area contributed by atoms with Crippen LogP contribution in [0.2, 0.25) is 0 Å². The molecule has 0 bridgehead atoms. The summed E-state index contributed by atoms with van der Waals surface area (Å²) in [6.07, 6.45) is -0.101. The number of carbonyl (C=O) groups is 2. The number of rotatable bonds is 4. The van der Waals surface area contributed by atoms with Gasteiger partial charge in [0.05, 0.1) is 11.0 Å². The Hall–Kier alpha value is -4.33. The summed E-state index contributed by atoms with van der Waals surface area (Å²) in [5.41, 5.74) is 3.37. The Morgan fingerprint density at radius 3 is 2.55 bits per heavy atom. The fraction of sp³-hybridized carbons (Fsp3) is 0.0870. The van der Waals surface area contributed by atoms with Gasteiger partial charge in [-0.2, -0.15) is 0 Å². The van der Waals surface area contributed by atoms with Crippen LogP contribution in [0.25, 0.3) is 11.0 Å². The van der Waals surface area contributed by atoms with Crippen LogP contribution in [0.1, 0.15) is 15.9 Å². The van der Waals surface area contributed by atoms with Gasteiger partial charge in [0, 0.05) is 23.4 Å². The topological polar surface area (TPSA) is 116 Å². The van der Waals surface area contributed by atoms with Crippen molar-refractivity contribution in [2.45, 2.75) is 12.5 Å².